The predicted molar refractivity (Wildman–Crippen MR) is 60.7 cm³/mol. The lowest BCUT2D eigenvalue weighted by molar-refractivity contribution is -0.137. The van der Waals surface area contributed by atoms with Crippen LogP contribution < -0.4 is 0 Å². The van der Waals surface area contributed by atoms with Crippen LogP contribution in [0.25, 0.3) is 6.08 Å². The molecular formula is C12H12O5. The van der Waals surface area contributed by atoms with Gasteiger partial charge in [0.05, 0.1) is 12.2 Å². The highest BCUT2D eigenvalue weighted by Gasteiger charge is 2.06. The molecule has 1 aromatic rings. The van der Waals surface area contributed by atoms with E-state index in [2.05, 4.69) is 4.74 Å². The molecule has 0 amide bonds. The molecule has 0 unspecified atom stereocenters. The zero-order chi connectivity index (χ0) is 12.8. The van der Waals surface area contributed by atoms with Crippen LogP contribution in [0.5, 0.6) is 5.75 Å². The topological polar surface area (TPSA) is 83.8 Å². The summed E-state index contributed by atoms with van der Waals surface area (Å²) in [4.78, 5) is 21.7. The number of benzene rings is 1. The van der Waals surface area contributed by atoms with E-state index >= 15 is 0 Å². The Morgan fingerprint density at radius 3 is 2.71 bits per heavy atom. The molecule has 90 valence electrons. The van der Waals surface area contributed by atoms with Gasteiger partial charge in [0, 0.05) is 11.6 Å². The molecular weight excluding hydrogens is 224 g/mol. The molecule has 0 fully saturated rings. The van der Waals surface area contributed by atoms with Gasteiger partial charge in [-0.05, 0) is 31.2 Å². The van der Waals surface area contributed by atoms with Crippen LogP contribution in [0.1, 0.15) is 22.8 Å². The van der Waals surface area contributed by atoms with Gasteiger partial charge in [-0.2, -0.15) is 0 Å². The van der Waals surface area contributed by atoms with E-state index in [0.29, 0.717) is 0 Å². The van der Waals surface area contributed by atoms with Gasteiger partial charge in [-0.25, -0.2) is 9.59 Å². The molecule has 0 bridgehead atoms. The number of phenols is 1. The van der Waals surface area contributed by atoms with Crippen LogP contribution in [0.4, 0.5) is 0 Å². The quantitative estimate of drug-likeness (QED) is 0.613. The number of carboxylic acid groups (broad SMARTS) is 1. The van der Waals surface area contributed by atoms with Crippen LogP contribution in [0.15, 0.2) is 24.3 Å². The molecule has 0 saturated carbocycles. The molecule has 0 heterocycles. The van der Waals surface area contributed by atoms with Gasteiger partial charge in [0.1, 0.15) is 5.75 Å². The number of ether oxygens (including phenoxy) is 1. The summed E-state index contributed by atoms with van der Waals surface area (Å²) in [7, 11) is 0. The van der Waals surface area contributed by atoms with Crippen molar-refractivity contribution in [3.8, 4) is 5.75 Å². The number of carbonyl (C=O) groups excluding carboxylic acids is 1. The van der Waals surface area contributed by atoms with Gasteiger partial charge in [0.2, 0.25) is 0 Å². The Morgan fingerprint density at radius 1 is 1.41 bits per heavy atom. The summed E-state index contributed by atoms with van der Waals surface area (Å²) in [6, 6.07) is 3.81. The molecule has 0 atom stereocenters. The first-order valence-electron chi connectivity index (χ1n) is 4.95. The maximum Gasteiger partial charge on any atom is 0.335 e. The number of aromatic carboxylic acids is 1. The van der Waals surface area contributed by atoms with Crippen LogP contribution in [-0.4, -0.2) is 28.8 Å². The van der Waals surface area contributed by atoms with E-state index in [-0.39, 0.29) is 23.5 Å². The van der Waals surface area contributed by atoms with Gasteiger partial charge in [-0.15, -0.1) is 0 Å². The Labute approximate surface area is 98.0 Å². The second kappa shape index (κ2) is 5.69. The van der Waals surface area contributed by atoms with Crippen LogP contribution in [-0.2, 0) is 9.53 Å². The zero-order valence-electron chi connectivity index (χ0n) is 9.21. The third kappa shape index (κ3) is 3.64. The van der Waals surface area contributed by atoms with E-state index in [9.17, 15) is 14.7 Å². The van der Waals surface area contributed by atoms with Crippen LogP contribution >= 0.6 is 0 Å². The zero-order valence-corrected chi connectivity index (χ0v) is 9.21. The van der Waals surface area contributed by atoms with Crippen molar-refractivity contribution in [2.45, 2.75) is 6.92 Å². The van der Waals surface area contributed by atoms with E-state index in [4.69, 9.17) is 5.11 Å². The third-order valence-electron chi connectivity index (χ3n) is 1.96. The van der Waals surface area contributed by atoms with Gasteiger partial charge >= 0.3 is 11.9 Å². The highest BCUT2D eigenvalue weighted by molar-refractivity contribution is 5.91. The second-order valence-corrected chi connectivity index (χ2v) is 3.16. The number of carbonyl (C=O) groups is 2. The minimum atomic E-state index is -1.10. The van der Waals surface area contributed by atoms with Crippen molar-refractivity contribution in [1.82, 2.24) is 0 Å². The highest BCUT2D eigenvalue weighted by atomic mass is 16.5. The summed E-state index contributed by atoms with van der Waals surface area (Å²) in [5.41, 5.74) is 0.282. The normalized spacial score (nSPS) is 10.4. The first kappa shape index (κ1) is 12.8. The van der Waals surface area contributed by atoms with E-state index < -0.39 is 11.9 Å². The largest absolute Gasteiger partial charge is 0.507 e. The number of aromatic hydroxyl groups is 1. The summed E-state index contributed by atoms with van der Waals surface area (Å²) < 4.78 is 4.66. The van der Waals surface area contributed by atoms with E-state index in [0.717, 1.165) is 6.08 Å². The van der Waals surface area contributed by atoms with Gasteiger partial charge in [0.25, 0.3) is 0 Å². The van der Waals surface area contributed by atoms with Crippen LogP contribution in [0, 0.1) is 0 Å². The van der Waals surface area contributed by atoms with Crippen molar-refractivity contribution in [3.63, 3.8) is 0 Å². The maximum atomic E-state index is 11.0. The smallest absolute Gasteiger partial charge is 0.335 e. The second-order valence-electron chi connectivity index (χ2n) is 3.16. The van der Waals surface area contributed by atoms with Crippen molar-refractivity contribution in [3.05, 3.63) is 35.4 Å². The van der Waals surface area contributed by atoms with Crippen LogP contribution in [0.2, 0.25) is 0 Å². The third-order valence-corrected chi connectivity index (χ3v) is 1.96. The average molecular weight is 236 g/mol. The molecule has 1 aromatic carbocycles. The van der Waals surface area contributed by atoms with Crippen molar-refractivity contribution < 1.29 is 24.5 Å². The summed E-state index contributed by atoms with van der Waals surface area (Å²) >= 11 is 0. The lowest BCUT2D eigenvalue weighted by Gasteiger charge is -2.01. The molecule has 5 nitrogen and oxygen atoms in total. The highest BCUT2D eigenvalue weighted by Crippen LogP contribution is 2.20. The molecule has 0 spiro atoms. The molecule has 0 aromatic heterocycles. The number of esters is 1. The SMILES string of the molecule is CCOC(=O)C=Cc1cc(C(=O)O)ccc1O. The lowest BCUT2D eigenvalue weighted by atomic mass is 10.1. The Hall–Kier alpha value is -2.30. The molecule has 17 heavy (non-hydrogen) atoms. The van der Waals surface area contributed by atoms with Crippen molar-refractivity contribution >= 4 is 18.0 Å². The molecule has 0 aliphatic heterocycles. The maximum absolute atomic E-state index is 11.0. The summed E-state index contributed by atoms with van der Waals surface area (Å²) in [6.45, 7) is 1.93. The molecule has 0 aliphatic rings. The van der Waals surface area contributed by atoms with Crippen LogP contribution in [0.3, 0.4) is 0 Å². The molecule has 0 saturated heterocycles. The Kier molecular flexibility index (Phi) is 4.28. The first-order valence-corrected chi connectivity index (χ1v) is 4.95. The van der Waals surface area contributed by atoms with E-state index in [1.165, 1.54) is 24.3 Å². The molecule has 0 radical (unpaired) electrons. The summed E-state index contributed by atoms with van der Waals surface area (Å²) in [5.74, 6) is -1.75. The summed E-state index contributed by atoms with van der Waals surface area (Å²) in [6.07, 6.45) is 2.43. The van der Waals surface area contributed by atoms with Crippen molar-refractivity contribution in [2.24, 2.45) is 0 Å². The van der Waals surface area contributed by atoms with Gasteiger partial charge < -0.3 is 14.9 Å². The molecule has 1 rings (SSSR count). The predicted octanol–water partition coefficient (Wildman–Crippen LogP) is 1.67. The minimum absolute atomic E-state index is 0.0336. The van der Waals surface area contributed by atoms with E-state index in [1.54, 1.807) is 6.92 Å². The number of carboxylic acids is 1. The minimum Gasteiger partial charge on any atom is -0.507 e. The van der Waals surface area contributed by atoms with Crippen molar-refractivity contribution in [2.75, 3.05) is 6.61 Å². The lowest BCUT2D eigenvalue weighted by Crippen LogP contribution is -1.99. The fraction of sp³-hybridized carbons (Fsp3) is 0.167. The standard InChI is InChI=1S/C12H12O5/c1-2-17-11(14)6-4-8-7-9(12(15)16)3-5-10(8)13/h3-7,13H,2H2,1H3,(H,15,16). The monoisotopic (exact) mass is 236 g/mol. The molecule has 0 aliphatic carbocycles. The van der Waals surface area contributed by atoms with Gasteiger partial charge in [0.15, 0.2) is 0 Å². The number of hydrogen-bond acceptors (Lipinski definition) is 4. The van der Waals surface area contributed by atoms with Crippen molar-refractivity contribution in [1.29, 1.82) is 0 Å². The van der Waals surface area contributed by atoms with Gasteiger partial charge in [-0.3, -0.25) is 0 Å². The Morgan fingerprint density at radius 2 is 2.12 bits per heavy atom. The Balaban J connectivity index is 2.93. The molecule has 2 N–H and O–H groups in total. The fourth-order valence-electron chi connectivity index (χ4n) is 1.17. The number of hydrogen-bond donors (Lipinski definition) is 2. The summed E-state index contributed by atoms with van der Waals surface area (Å²) in [5, 5.41) is 18.2. The number of rotatable bonds is 4. The molecule has 5 heteroatoms. The fourth-order valence-corrected chi connectivity index (χ4v) is 1.17. The number of phenolic OH excluding ortho intramolecular Hbond substituents is 1. The Bertz CT molecular complexity index is 462. The van der Waals surface area contributed by atoms with Gasteiger partial charge in [-0.1, -0.05) is 0 Å². The average Bonchev–Trinajstić information content (AvgIpc) is 2.28. The first-order chi connectivity index (χ1) is 8.04. The van der Waals surface area contributed by atoms with E-state index in [1.807, 2.05) is 0 Å².